The van der Waals surface area contributed by atoms with E-state index in [1.54, 1.807) is 5.37 Å². The topological polar surface area (TPSA) is 29.5 Å². The van der Waals surface area contributed by atoms with Gasteiger partial charge >= 0.3 is 0 Å². The molecule has 0 aromatic heterocycles. The predicted octanol–water partition coefficient (Wildman–Crippen LogP) is 3.10. The maximum absolute atomic E-state index is 13.0. The largest absolute Gasteiger partial charge is 0.379 e. The van der Waals surface area contributed by atoms with E-state index in [-0.39, 0.29) is 5.78 Å². The van der Waals surface area contributed by atoms with Gasteiger partial charge in [0.05, 0.1) is 13.2 Å². The van der Waals surface area contributed by atoms with Crippen LogP contribution in [0.15, 0.2) is 48.5 Å². The molecule has 0 N–H and O–H groups in total. The molecule has 0 saturated carbocycles. The van der Waals surface area contributed by atoms with E-state index in [0.717, 1.165) is 49.5 Å². The number of benzene rings is 2. The minimum absolute atomic E-state index is 0.0329. The van der Waals surface area contributed by atoms with E-state index in [2.05, 4.69) is 4.90 Å². The molecule has 23 heavy (non-hydrogen) atoms. The fourth-order valence-electron chi connectivity index (χ4n) is 2.83. The average molecular weight is 325 g/mol. The van der Waals surface area contributed by atoms with Crippen molar-refractivity contribution in [2.45, 2.75) is 6.54 Å². The molecule has 1 heterocycles. The molecule has 2 aromatic rings. The van der Waals surface area contributed by atoms with E-state index in [1.165, 1.54) is 0 Å². The molecule has 3 rings (SSSR count). The molecule has 0 unspecified atom stereocenters. The Kier molecular flexibility index (Phi) is 5.28. The molecule has 0 radical (unpaired) electrons. The van der Waals surface area contributed by atoms with Crippen molar-refractivity contribution in [3.8, 4) is 0 Å². The number of carbonyl (C=O) groups is 1. The summed E-state index contributed by atoms with van der Waals surface area (Å²) in [5.74, 6) is 0.0329. The van der Waals surface area contributed by atoms with Gasteiger partial charge in [-0.1, -0.05) is 60.7 Å². The second-order valence-corrected chi connectivity index (χ2v) is 5.82. The Bertz CT molecular complexity index is 708. The number of nitrogens with zero attached hydrogens (tertiary/aromatic N) is 1. The minimum atomic E-state index is 0.0329. The molecule has 1 aliphatic heterocycles. The molecule has 0 aliphatic carbocycles. The van der Waals surface area contributed by atoms with Crippen LogP contribution < -0.4 is 0 Å². The molecule has 4 heteroatoms. The smallest absolute Gasteiger partial charge is 0.193 e. The van der Waals surface area contributed by atoms with Gasteiger partial charge in [-0.15, -0.1) is 0 Å². The molecular formula is C19H19NO2S. The molecule has 2 aromatic carbocycles. The normalized spacial score (nSPS) is 15.3. The fraction of sp³-hybridized carbons (Fsp3) is 0.263. The summed E-state index contributed by atoms with van der Waals surface area (Å²) >= 11 is 5.04. The van der Waals surface area contributed by atoms with Crippen LogP contribution in [-0.2, 0) is 11.3 Å². The monoisotopic (exact) mass is 325 g/mol. The molecule has 0 amide bonds. The standard InChI is InChI=1S/C19H19NO2S/c21-19(18-8-4-2-6-16(18)14-23)17-7-3-1-5-15(17)13-20-9-11-22-12-10-20/h1-8,14H,9-13H2. The Morgan fingerprint density at radius 2 is 1.70 bits per heavy atom. The molecule has 1 saturated heterocycles. The Balaban J connectivity index is 1.90. The second-order valence-electron chi connectivity index (χ2n) is 5.58. The lowest BCUT2D eigenvalue weighted by molar-refractivity contribution is 0.0341. The number of ether oxygens (including phenoxy) is 1. The van der Waals surface area contributed by atoms with Crippen LogP contribution in [0.3, 0.4) is 0 Å². The van der Waals surface area contributed by atoms with Gasteiger partial charge in [0.15, 0.2) is 5.78 Å². The van der Waals surface area contributed by atoms with Crippen molar-refractivity contribution in [3.05, 3.63) is 70.8 Å². The van der Waals surface area contributed by atoms with Crippen molar-refractivity contribution in [2.75, 3.05) is 26.3 Å². The molecule has 0 spiro atoms. The van der Waals surface area contributed by atoms with Gasteiger partial charge in [-0.3, -0.25) is 9.69 Å². The van der Waals surface area contributed by atoms with E-state index in [4.69, 9.17) is 17.0 Å². The summed E-state index contributed by atoms with van der Waals surface area (Å²) in [4.78, 5) is 15.3. The summed E-state index contributed by atoms with van der Waals surface area (Å²) in [6.07, 6.45) is 0. The third-order valence-electron chi connectivity index (χ3n) is 4.09. The van der Waals surface area contributed by atoms with Crippen molar-refractivity contribution in [2.24, 2.45) is 0 Å². The molecule has 0 bridgehead atoms. The lowest BCUT2D eigenvalue weighted by Crippen LogP contribution is -2.36. The van der Waals surface area contributed by atoms with Crippen LogP contribution in [0.2, 0.25) is 0 Å². The van der Waals surface area contributed by atoms with Gasteiger partial charge in [0, 0.05) is 36.1 Å². The number of morpholine rings is 1. The molecule has 118 valence electrons. The van der Waals surface area contributed by atoms with Gasteiger partial charge in [0.2, 0.25) is 0 Å². The van der Waals surface area contributed by atoms with E-state index in [0.29, 0.717) is 5.56 Å². The van der Waals surface area contributed by atoms with Crippen LogP contribution >= 0.6 is 12.2 Å². The minimum Gasteiger partial charge on any atom is -0.379 e. The van der Waals surface area contributed by atoms with E-state index in [9.17, 15) is 4.79 Å². The maximum atomic E-state index is 13.0. The Morgan fingerprint density at radius 3 is 2.43 bits per heavy atom. The number of ketones is 1. The van der Waals surface area contributed by atoms with Crippen LogP contribution in [0, 0.1) is 0 Å². The highest BCUT2D eigenvalue weighted by Crippen LogP contribution is 2.19. The number of carbonyl (C=O) groups excluding carboxylic acids is 1. The van der Waals surface area contributed by atoms with Gasteiger partial charge in [-0.05, 0) is 11.1 Å². The second kappa shape index (κ2) is 7.59. The summed E-state index contributed by atoms with van der Waals surface area (Å²) in [7, 11) is 0. The van der Waals surface area contributed by atoms with E-state index >= 15 is 0 Å². The van der Waals surface area contributed by atoms with Crippen LogP contribution in [0.1, 0.15) is 27.0 Å². The van der Waals surface area contributed by atoms with E-state index < -0.39 is 0 Å². The number of rotatable bonds is 5. The number of thiocarbonyl (C=S) groups is 1. The van der Waals surface area contributed by atoms with Gasteiger partial charge < -0.3 is 4.74 Å². The van der Waals surface area contributed by atoms with Crippen molar-refractivity contribution in [3.63, 3.8) is 0 Å². The van der Waals surface area contributed by atoms with E-state index in [1.807, 2.05) is 48.5 Å². The fourth-order valence-corrected chi connectivity index (χ4v) is 3.04. The van der Waals surface area contributed by atoms with Crippen molar-refractivity contribution >= 4 is 23.4 Å². The Morgan fingerprint density at radius 1 is 1.04 bits per heavy atom. The first-order chi connectivity index (χ1) is 11.3. The maximum Gasteiger partial charge on any atom is 0.193 e. The number of hydrogen-bond donors (Lipinski definition) is 0. The Labute approximate surface area is 141 Å². The van der Waals surface area contributed by atoms with Crippen molar-refractivity contribution in [1.82, 2.24) is 4.90 Å². The van der Waals surface area contributed by atoms with Gasteiger partial charge in [-0.25, -0.2) is 0 Å². The predicted molar refractivity (Wildman–Crippen MR) is 95.2 cm³/mol. The Hall–Kier alpha value is -1.88. The van der Waals surface area contributed by atoms with Crippen LogP contribution in [0.4, 0.5) is 0 Å². The summed E-state index contributed by atoms with van der Waals surface area (Å²) < 4.78 is 5.39. The van der Waals surface area contributed by atoms with Crippen molar-refractivity contribution in [1.29, 1.82) is 0 Å². The average Bonchev–Trinajstić information content (AvgIpc) is 2.62. The van der Waals surface area contributed by atoms with Gasteiger partial charge in [0.1, 0.15) is 0 Å². The molecule has 1 fully saturated rings. The van der Waals surface area contributed by atoms with Gasteiger partial charge in [0.25, 0.3) is 0 Å². The highest BCUT2D eigenvalue weighted by atomic mass is 32.1. The van der Waals surface area contributed by atoms with Crippen LogP contribution in [0.5, 0.6) is 0 Å². The molecule has 0 atom stereocenters. The molecule has 1 aliphatic rings. The highest BCUT2D eigenvalue weighted by Gasteiger charge is 2.18. The first-order valence-electron chi connectivity index (χ1n) is 7.76. The third kappa shape index (κ3) is 3.72. The van der Waals surface area contributed by atoms with Crippen LogP contribution in [-0.4, -0.2) is 42.4 Å². The zero-order valence-corrected chi connectivity index (χ0v) is 13.7. The first-order valence-corrected chi connectivity index (χ1v) is 8.23. The number of hydrogen-bond acceptors (Lipinski definition) is 4. The zero-order valence-electron chi connectivity index (χ0n) is 12.9. The van der Waals surface area contributed by atoms with Crippen LogP contribution in [0.25, 0.3) is 0 Å². The quantitative estimate of drug-likeness (QED) is 0.624. The SMILES string of the molecule is O=C(c1ccccc1C=S)c1ccccc1CN1CCOCC1. The first kappa shape index (κ1) is 16.0. The molecular weight excluding hydrogens is 306 g/mol. The summed E-state index contributed by atoms with van der Waals surface area (Å²) in [6.45, 7) is 4.08. The zero-order chi connectivity index (χ0) is 16.1. The van der Waals surface area contributed by atoms with Crippen molar-refractivity contribution < 1.29 is 9.53 Å². The third-order valence-corrected chi connectivity index (χ3v) is 4.35. The summed E-state index contributed by atoms with van der Waals surface area (Å²) in [5.41, 5.74) is 3.27. The lowest BCUT2D eigenvalue weighted by atomic mass is 9.95. The summed E-state index contributed by atoms with van der Waals surface area (Å²) in [6, 6.07) is 15.3. The molecule has 3 nitrogen and oxygen atoms in total. The van der Waals surface area contributed by atoms with Gasteiger partial charge in [-0.2, -0.15) is 0 Å². The highest BCUT2D eigenvalue weighted by molar-refractivity contribution is 7.79. The summed E-state index contributed by atoms with van der Waals surface area (Å²) in [5, 5.41) is 1.57. The lowest BCUT2D eigenvalue weighted by Gasteiger charge is -2.27.